The van der Waals surface area contributed by atoms with E-state index in [1.807, 2.05) is 19.1 Å². The van der Waals surface area contributed by atoms with Gasteiger partial charge in [0.1, 0.15) is 5.82 Å². The predicted octanol–water partition coefficient (Wildman–Crippen LogP) is 5.10. The Balaban J connectivity index is 1.57. The first-order valence-corrected chi connectivity index (χ1v) is 9.85. The summed E-state index contributed by atoms with van der Waals surface area (Å²) >= 11 is 7.78. The summed E-state index contributed by atoms with van der Waals surface area (Å²) in [6, 6.07) is 15.3. The third kappa shape index (κ3) is 4.06. The molecule has 29 heavy (non-hydrogen) atoms. The summed E-state index contributed by atoms with van der Waals surface area (Å²) in [4.78, 5) is 29.1. The maximum atomic E-state index is 13.1. The Morgan fingerprint density at radius 3 is 2.24 bits per heavy atom. The minimum Gasteiger partial charge on any atom is -0.326 e. The molecule has 8 heteroatoms. The van der Waals surface area contributed by atoms with Gasteiger partial charge in [-0.1, -0.05) is 29.8 Å². The molecule has 3 N–H and O–H groups in total. The number of halogens is 2. The number of aromatic nitrogens is 2. The summed E-state index contributed by atoms with van der Waals surface area (Å²) < 4.78 is 16.3. The van der Waals surface area contributed by atoms with E-state index >= 15 is 0 Å². The molecule has 0 unspecified atom stereocenters. The van der Waals surface area contributed by atoms with Gasteiger partial charge in [0.15, 0.2) is 0 Å². The van der Waals surface area contributed by atoms with Gasteiger partial charge in [-0.15, -0.1) is 0 Å². The van der Waals surface area contributed by atoms with Crippen molar-refractivity contribution in [1.82, 2.24) is 9.97 Å². The van der Waals surface area contributed by atoms with Crippen LogP contribution in [-0.4, -0.2) is 9.97 Å². The number of H-pyrrole nitrogens is 2. The van der Waals surface area contributed by atoms with E-state index in [-0.39, 0.29) is 5.82 Å². The van der Waals surface area contributed by atoms with Gasteiger partial charge in [0.05, 0.1) is 16.1 Å². The van der Waals surface area contributed by atoms with Gasteiger partial charge >= 0.3 is 11.1 Å². The van der Waals surface area contributed by atoms with Gasteiger partial charge in [0.2, 0.25) is 0 Å². The first kappa shape index (κ1) is 19.3. The van der Waals surface area contributed by atoms with Crippen LogP contribution < -0.4 is 15.8 Å². The number of anilines is 1. The van der Waals surface area contributed by atoms with Crippen molar-refractivity contribution in [3.8, 4) is 11.1 Å². The lowest BCUT2D eigenvalue weighted by Gasteiger charge is -2.11. The van der Waals surface area contributed by atoms with Gasteiger partial charge in [0, 0.05) is 16.1 Å². The average molecular weight is 428 g/mol. The second-order valence-corrected chi connectivity index (χ2v) is 7.73. The van der Waals surface area contributed by atoms with Crippen molar-refractivity contribution in [3.63, 3.8) is 0 Å². The molecule has 1 aromatic heterocycles. The van der Waals surface area contributed by atoms with Gasteiger partial charge in [-0.05, 0) is 66.4 Å². The SMILES string of the molecule is Cc1cc2[nH]c(=O)c(=O)[nH]c2cc1SNc1ccc(-c2ccc(F)cc2)c(Cl)c1. The molecule has 0 saturated heterocycles. The maximum absolute atomic E-state index is 13.1. The molecule has 0 atom stereocenters. The lowest BCUT2D eigenvalue weighted by molar-refractivity contribution is 0.628. The number of rotatable bonds is 4. The van der Waals surface area contributed by atoms with Crippen LogP contribution >= 0.6 is 23.5 Å². The Morgan fingerprint density at radius 1 is 0.931 bits per heavy atom. The topological polar surface area (TPSA) is 77.8 Å². The molecule has 1 heterocycles. The summed E-state index contributed by atoms with van der Waals surface area (Å²) in [6.45, 7) is 1.91. The molecular formula is C21H15ClFN3O2S. The van der Waals surface area contributed by atoms with Crippen LogP contribution in [0.5, 0.6) is 0 Å². The molecule has 4 rings (SSSR count). The monoisotopic (exact) mass is 427 g/mol. The largest absolute Gasteiger partial charge is 0.326 e. The van der Waals surface area contributed by atoms with E-state index < -0.39 is 11.1 Å². The Bertz CT molecular complexity index is 1330. The second kappa shape index (κ2) is 7.77. The van der Waals surface area contributed by atoms with Crippen LogP contribution in [0.15, 0.2) is 69.1 Å². The van der Waals surface area contributed by atoms with Gasteiger partial charge < -0.3 is 14.7 Å². The molecule has 146 valence electrons. The van der Waals surface area contributed by atoms with Crippen LogP contribution in [0, 0.1) is 12.7 Å². The fourth-order valence-corrected chi connectivity index (χ4v) is 3.96. The van der Waals surface area contributed by atoms with E-state index in [1.54, 1.807) is 30.3 Å². The summed E-state index contributed by atoms with van der Waals surface area (Å²) in [5, 5.41) is 0.541. The van der Waals surface area contributed by atoms with Crippen LogP contribution in [0.1, 0.15) is 5.56 Å². The molecule has 0 amide bonds. The maximum Gasteiger partial charge on any atom is 0.314 e. The van der Waals surface area contributed by atoms with Crippen LogP contribution in [0.4, 0.5) is 10.1 Å². The van der Waals surface area contributed by atoms with Crippen LogP contribution in [-0.2, 0) is 0 Å². The van der Waals surface area contributed by atoms with E-state index in [9.17, 15) is 14.0 Å². The molecule has 0 saturated carbocycles. The predicted molar refractivity (Wildman–Crippen MR) is 116 cm³/mol. The quantitative estimate of drug-likeness (QED) is 0.312. The summed E-state index contributed by atoms with van der Waals surface area (Å²) in [7, 11) is 0. The number of aryl methyl sites for hydroxylation is 1. The molecule has 0 spiro atoms. The Labute approximate surface area is 174 Å². The first-order chi connectivity index (χ1) is 13.9. The van der Waals surface area contributed by atoms with E-state index in [0.29, 0.717) is 16.1 Å². The molecule has 5 nitrogen and oxygen atoms in total. The van der Waals surface area contributed by atoms with Gasteiger partial charge in [-0.3, -0.25) is 9.59 Å². The Kier molecular flexibility index (Phi) is 5.17. The molecule has 0 bridgehead atoms. The smallest absolute Gasteiger partial charge is 0.314 e. The molecule has 0 aliphatic rings. The lowest BCUT2D eigenvalue weighted by atomic mass is 10.1. The highest BCUT2D eigenvalue weighted by atomic mass is 35.5. The van der Waals surface area contributed by atoms with Crippen molar-refractivity contribution in [1.29, 1.82) is 0 Å². The summed E-state index contributed by atoms with van der Waals surface area (Å²) in [5.74, 6) is -0.296. The van der Waals surface area contributed by atoms with E-state index in [2.05, 4.69) is 14.7 Å². The van der Waals surface area contributed by atoms with Crippen molar-refractivity contribution in [2.24, 2.45) is 0 Å². The molecule has 4 aromatic rings. The Hall–Kier alpha value is -3.03. The zero-order valence-corrected chi connectivity index (χ0v) is 16.7. The molecule has 0 radical (unpaired) electrons. The minimum atomic E-state index is -0.687. The number of aromatic amines is 2. The zero-order valence-electron chi connectivity index (χ0n) is 15.2. The molecule has 0 fully saturated rings. The fraction of sp³-hybridized carbons (Fsp3) is 0.0476. The highest BCUT2D eigenvalue weighted by molar-refractivity contribution is 8.00. The summed E-state index contributed by atoms with van der Waals surface area (Å²) in [6.07, 6.45) is 0. The van der Waals surface area contributed by atoms with E-state index in [0.717, 1.165) is 27.3 Å². The number of hydrogen-bond donors (Lipinski definition) is 3. The van der Waals surface area contributed by atoms with Gasteiger partial charge in [-0.25, -0.2) is 4.39 Å². The zero-order chi connectivity index (χ0) is 20.5. The van der Waals surface area contributed by atoms with Crippen molar-refractivity contribution in [2.45, 2.75) is 11.8 Å². The lowest BCUT2D eigenvalue weighted by Crippen LogP contribution is -2.28. The highest BCUT2D eigenvalue weighted by Crippen LogP contribution is 2.33. The van der Waals surface area contributed by atoms with E-state index in [1.165, 1.54) is 24.1 Å². The number of hydrogen-bond acceptors (Lipinski definition) is 4. The van der Waals surface area contributed by atoms with E-state index in [4.69, 9.17) is 11.6 Å². The minimum absolute atomic E-state index is 0.296. The normalized spacial score (nSPS) is 11.0. The standard InChI is InChI=1S/C21H15ClFN3O2S/c1-11-8-17-18(25-21(28)20(27)24-17)10-19(11)29-26-14-6-7-15(16(22)9-14)12-2-4-13(23)5-3-12/h2-10,26H,1H3,(H,24,27)(H,25,28). The van der Waals surface area contributed by atoms with Crippen molar-refractivity contribution in [3.05, 3.63) is 91.7 Å². The van der Waals surface area contributed by atoms with Crippen molar-refractivity contribution < 1.29 is 4.39 Å². The fourth-order valence-electron chi connectivity index (χ4n) is 2.92. The second-order valence-electron chi connectivity index (χ2n) is 6.48. The molecule has 3 aromatic carbocycles. The molecule has 0 aliphatic heterocycles. The number of fused-ring (bicyclic) bond motifs is 1. The highest BCUT2D eigenvalue weighted by Gasteiger charge is 2.08. The van der Waals surface area contributed by atoms with Gasteiger partial charge in [0.25, 0.3) is 0 Å². The average Bonchev–Trinajstić information content (AvgIpc) is 2.69. The van der Waals surface area contributed by atoms with Crippen molar-refractivity contribution >= 4 is 40.3 Å². The van der Waals surface area contributed by atoms with Gasteiger partial charge in [-0.2, -0.15) is 0 Å². The van der Waals surface area contributed by atoms with Crippen molar-refractivity contribution in [2.75, 3.05) is 4.72 Å². The Morgan fingerprint density at radius 2 is 1.59 bits per heavy atom. The van der Waals surface area contributed by atoms with Crippen LogP contribution in [0.2, 0.25) is 5.02 Å². The molecular weight excluding hydrogens is 413 g/mol. The van der Waals surface area contributed by atoms with Crippen LogP contribution in [0.3, 0.4) is 0 Å². The number of benzene rings is 3. The molecule has 0 aliphatic carbocycles. The third-order valence-corrected chi connectivity index (χ3v) is 5.73. The third-order valence-electron chi connectivity index (χ3n) is 4.42. The first-order valence-electron chi connectivity index (χ1n) is 8.66. The number of nitrogens with one attached hydrogen (secondary N) is 3. The summed E-state index contributed by atoms with van der Waals surface area (Å²) in [5.41, 5.74) is 3.13. The van der Waals surface area contributed by atoms with Crippen LogP contribution in [0.25, 0.3) is 22.2 Å².